The molecule has 0 aliphatic rings. The van der Waals surface area contributed by atoms with Crippen molar-refractivity contribution in [2.24, 2.45) is 15.8 Å². The lowest BCUT2D eigenvalue weighted by molar-refractivity contribution is -0.137. The first-order chi connectivity index (χ1) is 11.2. The van der Waals surface area contributed by atoms with Gasteiger partial charge in [-0.25, -0.2) is 4.99 Å². The van der Waals surface area contributed by atoms with E-state index >= 15 is 0 Å². The molecule has 24 heavy (non-hydrogen) atoms. The van der Waals surface area contributed by atoms with E-state index in [0.29, 0.717) is 10.6 Å². The highest BCUT2D eigenvalue weighted by atomic mass is 35.5. The average molecular weight is 375 g/mol. The zero-order chi connectivity index (χ0) is 18.3. The second-order valence-electron chi connectivity index (χ2n) is 3.95. The fourth-order valence-corrected chi connectivity index (χ4v) is 1.80. The number of hydrogen-bond acceptors (Lipinski definition) is 6. The number of nitrogens with zero attached hydrogens (tertiary/aromatic N) is 5. The van der Waals surface area contributed by atoms with Gasteiger partial charge in [-0.1, -0.05) is 11.6 Å². The molecule has 0 bridgehead atoms. The molecule has 0 saturated carbocycles. The highest BCUT2D eigenvalue weighted by Crippen LogP contribution is 2.35. The van der Waals surface area contributed by atoms with Gasteiger partial charge < -0.3 is 5.73 Å². The van der Waals surface area contributed by atoms with Crippen molar-refractivity contribution < 1.29 is 13.2 Å². The van der Waals surface area contributed by atoms with Gasteiger partial charge in [0, 0.05) is 18.0 Å². The van der Waals surface area contributed by atoms with Crippen molar-refractivity contribution in [1.82, 2.24) is 0 Å². The fourth-order valence-electron chi connectivity index (χ4n) is 1.30. The molecule has 0 radical (unpaired) electrons. The lowest BCUT2D eigenvalue weighted by Crippen LogP contribution is -2.07. The van der Waals surface area contributed by atoms with Crippen LogP contribution in [-0.2, 0) is 6.18 Å². The number of rotatable bonds is 4. The smallest absolute Gasteiger partial charge is 0.388 e. The van der Waals surface area contributed by atoms with Gasteiger partial charge in [0.2, 0.25) is 0 Å². The SMILES string of the molecule is N#CC(N)=C(C#N)N=CC=NN(Cl)c1ccc(C(F)(F)F)cc1Cl. The molecular weight excluding hydrogens is 368 g/mol. The van der Waals surface area contributed by atoms with Crippen molar-refractivity contribution >= 4 is 41.5 Å². The summed E-state index contributed by atoms with van der Waals surface area (Å²) in [6.07, 6.45) is -2.48. The topological polar surface area (TPSA) is 102 Å². The summed E-state index contributed by atoms with van der Waals surface area (Å²) in [6.45, 7) is 0. The highest BCUT2D eigenvalue weighted by Gasteiger charge is 2.31. The van der Waals surface area contributed by atoms with Gasteiger partial charge in [-0.2, -0.15) is 33.3 Å². The first-order valence-corrected chi connectivity index (χ1v) is 6.61. The molecule has 0 heterocycles. The summed E-state index contributed by atoms with van der Waals surface area (Å²) in [4.78, 5) is 3.58. The van der Waals surface area contributed by atoms with Gasteiger partial charge in [0.15, 0.2) is 5.70 Å². The predicted octanol–water partition coefficient (Wildman–Crippen LogP) is 3.59. The van der Waals surface area contributed by atoms with Crippen molar-refractivity contribution in [2.45, 2.75) is 6.18 Å². The van der Waals surface area contributed by atoms with Crippen molar-refractivity contribution in [3.63, 3.8) is 0 Å². The van der Waals surface area contributed by atoms with Crippen molar-refractivity contribution in [1.29, 1.82) is 10.5 Å². The van der Waals surface area contributed by atoms with Crippen LogP contribution >= 0.6 is 23.4 Å². The molecule has 0 fully saturated rings. The first-order valence-electron chi connectivity index (χ1n) is 5.90. The number of alkyl halides is 3. The lowest BCUT2D eigenvalue weighted by Gasteiger charge is -2.13. The third-order valence-corrected chi connectivity index (χ3v) is 2.97. The average Bonchev–Trinajstić information content (AvgIpc) is 2.53. The van der Waals surface area contributed by atoms with E-state index in [0.717, 1.165) is 24.6 Å². The number of anilines is 1. The minimum atomic E-state index is -4.53. The van der Waals surface area contributed by atoms with Gasteiger partial charge in [-0.3, -0.25) is 0 Å². The van der Waals surface area contributed by atoms with Crippen LogP contribution in [0.15, 0.2) is 39.7 Å². The molecule has 0 aliphatic heterocycles. The highest BCUT2D eigenvalue weighted by molar-refractivity contribution is 6.36. The van der Waals surface area contributed by atoms with Gasteiger partial charge in [0.25, 0.3) is 0 Å². The molecule has 0 aliphatic carbocycles. The fraction of sp³-hybridized carbons (Fsp3) is 0.0769. The summed E-state index contributed by atoms with van der Waals surface area (Å²) in [5.41, 5.74) is 3.60. The molecule has 0 spiro atoms. The molecule has 11 heteroatoms. The quantitative estimate of drug-likeness (QED) is 0.376. The molecule has 124 valence electrons. The van der Waals surface area contributed by atoms with E-state index in [1.165, 1.54) is 0 Å². The molecular formula is C13H7Cl2F3N6. The number of benzene rings is 1. The number of halogens is 5. The normalized spacial score (nSPS) is 12.8. The Hall–Kier alpha value is -2.75. The van der Waals surface area contributed by atoms with Gasteiger partial charge in [0.1, 0.15) is 17.8 Å². The van der Waals surface area contributed by atoms with Crippen LogP contribution in [0.1, 0.15) is 5.56 Å². The van der Waals surface area contributed by atoms with Gasteiger partial charge in [-0.15, -0.1) is 0 Å². The van der Waals surface area contributed by atoms with E-state index in [1.54, 1.807) is 12.1 Å². The number of hydrazone groups is 1. The Morgan fingerprint density at radius 2 is 1.92 bits per heavy atom. The maximum absolute atomic E-state index is 12.5. The van der Waals surface area contributed by atoms with Gasteiger partial charge in [-0.05, 0) is 18.2 Å². The standard InChI is InChI=1S/C13H7Cl2F3N6/c14-9-5-8(13(16,17)18)1-2-12(9)24(15)23-4-3-22-11(7-20)10(21)6-19/h1-5H,21H2. The van der Waals surface area contributed by atoms with E-state index in [-0.39, 0.29) is 22.1 Å². The predicted molar refractivity (Wildman–Crippen MR) is 84.2 cm³/mol. The Morgan fingerprint density at radius 1 is 1.25 bits per heavy atom. The summed E-state index contributed by atoms with van der Waals surface area (Å²) in [5, 5.41) is 20.6. The molecule has 6 nitrogen and oxygen atoms in total. The van der Waals surface area contributed by atoms with E-state index < -0.39 is 11.7 Å². The maximum atomic E-state index is 12.5. The minimum Gasteiger partial charge on any atom is -0.388 e. The number of hydrogen-bond donors (Lipinski definition) is 1. The summed E-state index contributed by atoms with van der Waals surface area (Å²) >= 11 is 11.5. The maximum Gasteiger partial charge on any atom is 0.416 e. The Labute approximate surface area is 144 Å². The minimum absolute atomic E-state index is 0.00331. The van der Waals surface area contributed by atoms with Crippen LogP contribution in [-0.4, -0.2) is 12.4 Å². The largest absolute Gasteiger partial charge is 0.416 e. The van der Waals surface area contributed by atoms with E-state index in [9.17, 15) is 13.2 Å². The Bertz CT molecular complexity index is 786. The van der Waals surface area contributed by atoms with Crippen LogP contribution in [0.3, 0.4) is 0 Å². The Kier molecular flexibility index (Phi) is 6.59. The molecule has 0 amide bonds. The van der Waals surface area contributed by atoms with Crippen LogP contribution in [0.4, 0.5) is 18.9 Å². The van der Waals surface area contributed by atoms with Crippen LogP contribution in [0, 0.1) is 22.7 Å². The van der Waals surface area contributed by atoms with Crippen LogP contribution in [0.5, 0.6) is 0 Å². The summed E-state index contributed by atoms with van der Waals surface area (Å²) in [7, 11) is 0. The molecule has 0 atom stereocenters. The molecule has 1 aromatic carbocycles. The Morgan fingerprint density at radius 3 is 2.42 bits per heavy atom. The molecule has 0 aromatic heterocycles. The van der Waals surface area contributed by atoms with E-state index in [1.807, 2.05) is 0 Å². The van der Waals surface area contributed by atoms with Crippen LogP contribution in [0.25, 0.3) is 0 Å². The number of nitrogens with two attached hydrogens (primary N) is 1. The number of allylic oxidation sites excluding steroid dienone is 2. The van der Waals surface area contributed by atoms with E-state index in [4.69, 9.17) is 39.6 Å². The van der Waals surface area contributed by atoms with E-state index in [2.05, 4.69) is 10.1 Å². The second kappa shape index (κ2) is 8.20. The zero-order valence-corrected chi connectivity index (χ0v) is 13.1. The van der Waals surface area contributed by atoms with Gasteiger partial charge in [0.05, 0.1) is 22.5 Å². The number of nitriles is 2. The number of aliphatic imine (C=N–C) groups is 1. The third kappa shape index (κ3) is 5.16. The first kappa shape index (κ1) is 19.3. The van der Waals surface area contributed by atoms with Crippen molar-refractivity contribution in [2.75, 3.05) is 4.53 Å². The van der Waals surface area contributed by atoms with Gasteiger partial charge >= 0.3 is 6.18 Å². The summed E-state index contributed by atoms with van der Waals surface area (Å²) in [5.74, 6) is 0. The summed E-state index contributed by atoms with van der Waals surface area (Å²) < 4.78 is 38.3. The summed E-state index contributed by atoms with van der Waals surface area (Å²) in [6, 6.07) is 5.69. The second-order valence-corrected chi connectivity index (χ2v) is 4.68. The molecule has 0 unspecified atom stereocenters. The Balaban J connectivity index is 2.92. The van der Waals surface area contributed by atoms with Crippen molar-refractivity contribution in [3.05, 3.63) is 40.2 Å². The lowest BCUT2D eigenvalue weighted by atomic mass is 10.2. The molecule has 0 saturated heterocycles. The zero-order valence-electron chi connectivity index (χ0n) is 11.6. The van der Waals surface area contributed by atoms with Crippen LogP contribution < -0.4 is 10.3 Å². The third-order valence-electron chi connectivity index (χ3n) is 2.39. The van der Waals surface area contributed by atoms with Crippen LogP contribution in [0.2, 0.25) is 5.02 Å². The molecule has 1 rings (SSSR count). The molecule has 2 N–H and O–H groups in total. The monoisotopic (exact) mass is 374 g/mol. The molecule has 1 aromatic rings. The van der Waals surface area contributed by atoms with Crippen molar-refractivity contribution in [3.8, 4) is 12.1 Å².